The molecule has 0 unspecified atom stereocenters. The molecular formula is C24H30FN3O4S. The molecule has 9 heteroatoms. The van der Waals surface area contributed by atoms with E-state index < -0.39 is 27.7 Å². The Labute approximate surface area is 194 Å². The Morgan fingerprint density at radius 3 is 2.45 bits per heavy atom. The lowest BCUT2D eigenvalue weighted by Gasteiger charge is -2.35. The Kier molecular flexibility index (Phi) is 7.86. The van der Waals surface area contributed by atoms with Crippen LogP contribution in [-0.2, 0) is 19.6 Å². The zero-order valence-electron chi connectivity index (χ0n) is 19.2. The molecule has 1 heterocycles. The number of sulfonamides is 1. The number of benzene rings is 2. The summed E-state index contributed by atoms with van der Waals surface area (Å²) in [5.41, 5.74) is 2.98. The highest BCUT2D eigenvalue weighted by Crippen LogP contribution is 2.28. The Bertz CT molecular complexity index is 1150. The van der Waals surface area contributed by atoms with E-state index in [1.807, 2.05) is 19.9 Å². The first-order valence-corrected chi connectivity index (χ1v) is 12.5. The lowest BCUT2D eigenvalue weighted by atomic mass is 10.0. The number of hydrogen-bond acceptors (Lipinski definition) is 4. The van der Waals surface area contributed by atoms with Crippen molar-refractivity contribution < 1.29 is 22.4 Å². The molecule has 1 saturated heterocycles. The van der Waals surface area contributed by atoms with Gasteiger partial charge in [-0.15, -0.1) is 0 Å². The van der Waals surface area contributed by atoms with E-state index in [-0.39, 0.29) is 17.5 Å². The first-order valence-electron chi connectivity index (χ1n) is 11.0. The van der Waals surface area contributed by atoms with Gasteiger partial charge in [0.2, 0.25) is 10.0 Å². The number of hydrogen-bond donors (Lipinski definition) is 2. The molecule has 0 aliphatic carbocycles. The monoisotopic (exact) mass is 475 g/mol. The summed E-state index contributed by atoms with van der Waals surface area (Å²) in [5, 5.41) is 5.16. The summed E-state index contributed by atoms with van der Waals surface area (Å²) in [7, 11) is -3.80. The van der Waals surface area contributed by atoms with Crippen LogP contribution in [0.2, 0.25) is 0 Å². The van der Waals surface area contributed by atoms with Crippen molar-refractivity contribution in [3.8, 4) is 0 Å². The predicted octanol–water partition coefficient (Wildman–Crippen LogP) is 3.44. The van der Waals surface area contributed by atoms with Crippen molar-refractivity contribution in [2.45, 2.75) is 57.4 Å². The molecule has 1 aliphatic rings. The molecule has 0 aromatic heterocycles. The second kappa shape index (κ2) is 10.4. The molecule has 2 N–H and O–H groups in total. The van der Waals surface area contributed by atoms with Crippen LogP contribution in [0.15, 0.2) is 41.3 Å². The van der Waals surface area contributed by atoms with Crippen molar-refractivity contribution in [2.24, 2.45) is 0 Å². The van der Waals surface area contributed by atoms with E-state index in [9.17, 15) is 22.4 Å². The summed E-state index contributed by atoms with van der Waals surface area (Å²) in [6, 6.07) is 8.73. The van der Waals surface area contributed by atoms with E-state index in [2.05, 4.69) is 10.6 Å². The molecule has 1 fully saturated rings. The molecule has 7 nitrogen and oxygen atoms in total. The Balaban J connectivity index is 1.60. The van der Waals surface area contributed by atoms with Crippen LogP contribution in [0, 0.1) is 26.6 Å². The normalized spacial score (nSPS) is 16.9. The van der Waals surface area contributed by atoms with E-state index in [1.165, 1.54) is 16.4 Å². The number of halogens is 1. The molecule has 33 heavy (non-hydrogen) atoms. The molecule has 0 radical (unpaired) electrons. The van der Waals surface area contributed by atoms with Gasteiger partial charge in [0.05, 0.1) is 4.90 Å². The smallest absolute Gasteiger partial charge is 0.313 e. The third-order valence-corrected chi connectivity index (χ3v) is 8.14. The average Bonchev–Trinajstić information content (AvgIpc) is 2.76. The summed E-state index contributed by atoms with van der Waals surface area (Å²) in [5.74, 6) is -2.02. The van der Waals surface area contributed by atoms with Crippen molar-refractivity contribution >= 4 is 27.5 Å². The van der Waals surface area contributed by atoms with Crippen molar-refractivity contribution in [1.82, 2.24) is 9.62 Å². The summed E-state index contributed by atoms with van der Waals surface area (Å²) in [4.78, 5) is 24.5. The number of carbonyl (C=O) groups is 2. The molecule has 2 aromatic carbocycles. The van der Waals surface area contributed by atoms with Crippen LogP contribution in [0.3, 0.4) is 0 Å². The molecule has 0 bridgehead atoms. The van der Waals surface area contributed by atoms with Crippen molar-refractivity contribution in [3.63, 3.8) is 0 Å². The minimum atomic E-state index is -3.80. The van der Waals surface area contributed by atoms with Gasteiger partial charge in [0.1, 0.15) is 5.82 Å². The number of aryl methyl sites for hydroxylation is 3. The molecule has 2 aromatic rings. The summed E-state index contributed by atoms with van der Waals surface area (Å²) < 4.78 is 41.4. The molecule has 2 amide bonds. The molecule has 178 valence electrons. The first kappa shape index (κ1) is 24.9. The first-order chi connectivity index (χ1) is 15.6. The SMILES string of the molecule is Cc1ccc(NC(=O)C(=O)NCC[C@H]2CCCCN2S(=O)(=O)c2ccc(F)cc2C)cc1C. The van der Waals surface area contributed by atoms with Gasteiger partial charge < -0.3 is 10.6 Å². The highest BCUT2D eigenvalue weighted by molar-refractivity contribution is 7.89. The maximum Gasteiger partial charge on any atom is 0.313 e. The van der Waals surface area contributed by atoms with Crippen LogP contribution in [0.5, 0.6) is 0 Å². The summed E-state index contributed by atoms with van der Waals surface area (Å²) in [6.07, 6.45) is 2.65. The fourth-order valence-electron chi connectivity index (χ4n) is 4.05. The number of nitrogens with zero attached hydrogens (tertiary/aromatic N) is 1. The number of rotatable bonds is 6. The average molecular weight is 476 g/mol. The fraction of sp³-hybridized carbons (Fsp3) is 0.417. The fourth-order valence-corrected chi connectivity index (χ4v) is 5.98. The number of nitrogens with one attached hydrogen (secondary N) is 2. The number of anilines is 1. The minimum absolute atomic E-state index is 0.0904. The van der Waals surface area contributed by atoms with E-state index >= 15 is 0 Å². The van der Waals surface area contributed by atoms with Crippen molar-refractivity contribution in [2.75, 3.05) is 18.4 Å². The van der Waals surface area contributed by atoms with Gasteiger partial charge in [0.15, 0.2) is 0 Å². The van der Waals surface area contributed by atoms with Crippen LogP contribution in [0.25, 0.3) is 0 Å². The highest BCUT2D eigenvalue weighted by Gasteiger charge is 2.34. The molecular weight excluding hydrogens is 445 g/mol. The van der Waals surface area contributed by atoms with Crippen LogP contribution in [-0.4, -0.2) is 43.7 Å². The van der Waals surface area contributed by atoms with Gasteiger partial charge in [0.25, 0.3) is 0 Å². The number of piperidine rings is 1. The van der Waals surface area contributed by atoms with Gasteiger partial charge in [-0.1, -0.05) is 12.5 Å². The molecule has 3 rings (SSSR count). The van der Waals surface area contributed by atoms with Crippen LogP contribution >= 0.6 is 0 Å². The van der Waals surface area contributed by atoms with Crippen LogP contribution in [0.4, 0.5) is 10.1 Å². The van der Waals surface area contributed by atoms with Crippen molar-refractivity contribution in [3.05, 3.63) is 58.9 Å². The molecule has 0 spiro atoms. The predicted molar refractivity (Wildman–Crippen MR) is 125 cm³/mol. The highest BCUT2D eigenvalue weighted by atomic mass is 32.2. The molecule has 1 aliphatic heterocycles. The number of amides is 2. The Hall–Kier alpha value is -2.78. The van der Waals surface area contributed by atoms with E-state index in [0.717, 1.165) is 30.0 Å². The number of carbonyl (C=O) groups excluding carboxylic acids is 2. The molecule has 0 saturated carbocycles. The van der Waals surface area contributed by atoms with E-state index in [0.29, 0.717) is 30.6 Å². The summed E-state index contributed by atoms with van der Waals surface area (Å²) >= 11 is 0. The van der Waals surface area contributed by atoms with Crippen LogP contribution in [0.1, 0.15) is 42.4 Å². The largest absolute Gasteiger partial charge is 0.348 e. The van der Waals surface area contributed by atoms with E-state index in [4.69, 9.17) is 0 Å². The Morgan fingerprint density at radius 1 is 1.00 bits per heavy atom. The third kappa shape index (κ3) is 5.97. The van der Waals surface area contributed by atoms with Crippen molar-refractivity contribution in [1.29, 1.82) is 0 Å². The molecule has 1 atom stereocenters. The second-order valence-electron chi connectivity index (χ2n) is 8.47. The lowest BCUT2D eigenvalue weighted by molar-refractivity contribution is -0.136. The maximum atomic E-state index is 13.5. The van der Waals surface area contributed by atoms with Gasteiger partial charge in [-0.25, -0.2) is 12.8 Å². The van der Waals surface area contributed by atoms with Gasteiger partial charge in [-0.05, 0) is 87.1 Å². The lowest BCUT2D eigenvalue weighted by Crippen LogP contribution is -2.46. The second-order valence-corrected chi connectivity index (χ2v) is 10.3. The zero-order chi connectivity index (χ0) is 24.2. The van der Waals surface area contributed by atoms with Crippen LogP contribution < -0.4 is 10.6 Å². The van der Waals surface area contributed by atoms with Gasteiger partial charge >= 0.3 is 11.8 Å². The third-order valence-electron chi connectivity index (χ3n) is 6.03. The zero-order valence-corrected chi connectivity index (χ0v) is 20.0. The minimum Gasteiger partial charge on any atom is -0.348 e. The topological polar surface area (TPSA) is 95.6 Å². The van der Waals surface area contributed by atoms with E-state index in [1.54, 1.807) is 19.1 Å². The summed E-state index contributed by atoms with van der Waals surface area (Å²) in [6.45, 7) is 5.98. The van der Waals surface area contributed by atoms with Gasteiger partial charge in [0, 0.05) is 24.8 Å². The Morgan fingerprint density at radius 2 is 1.76 bits per heavy atom. The maximum absolute atomic E-state index is 13.5. The quantitative estimate of drug-likeness (QED) is 0.626. The van der Waals surface area contributed by atoms with Gasteiger partial charge in [-0.2, -0.15) is 4.31 Å². The standard InChI is InChI=1S/C24H30FN3O4S/c1-16-7-9-20(15-17(16)2)27-24(30)23(29)26-12-11-21-6-4-5-13-28(21)33(31,32)22-10-8-19(25)14-18(22)3/h7-10,14-15,21H,4-6,11-13H2,1-3H3,(H,26,29)(H,27,30)/t21-/m1/s1. The van der Waals surface area contributed by atoms with Gasteiger partial charge in [-0.3, -0.25) is 9.59 Å².